The fourth-order valence-corrected chi connectivity index (χ4v) is 2.06. The average molecular weight is 272 g/mol. The Morgan fingerprint density at radius 2 is 2.20 bits per heavy atom. The van der Waals surface area contributed by atoms with Gasteiger partial charge in [0.05, 0.1) is 17.8 Å². The van der Waals surface area contributed by atoms with E-state index in [1.807, 2.05) is 12.1 Å². The third kappa shape index (κ3) is 3.91. The molecular formula is C15H20N4O. The number of carbonyl (C=O) groups excluding carboxylic acids is 1. The monoisotopic (exact) mass is 272 g/mol. The highest BCUT2D eigenvalue weighted by molar-refractivity contribution is 5.93. The van der Waals surface area contributed by atoms with Crippen molar-refractivity contribution < 1.29 is 4.79 Å². The maximum Gasteiger partial charge on any atom is 0.254 e. The van der Waals surface area contributed by atoms with Gasteiger partial charge in [0.15, 0.2) is 0 Å². The molecule has 5 heteroatoms. The first-order valence-corrected chi connectivity index (χ1v) is 6.65. The molecule has 0 bridgehead atoms. The molecule has 2 aromatic rings. The van der Waals surface area contributed by atoms with Gasteiger partial charge in [-0.1, -0.05) is 26.8 Å². The molecule has 0 aliphatic rings. The van der Waals surface area contributed by atoms with Gasteiger partial charge in [-0.25, -0.2) is 0 Å². The van der Waals surface area contributed by atoms with E-state index < -0.39 is 0 Å². The summed E-state index contributed by atoms with van der Waals surface area (Å²) in [7, 11) is 0. The first-order valence-electron chi connectivity index (χ1n) is 6.65. The van der Waals surface area contributed by atoms with Gasteiger partial charge in [-0.05, 0) is 23.5 Å². The van der Waals surface area contributed by atoms with Gasteiger partial charge < -0.3 is 5.32 Å². The first-order chi connectivity index (χ1) is 9.46. The molecule has 0 aliphatic carbocycles. The van der Waals surface area contributed by atoms with Crippen LogP contribution in [-0.2, 0) is 0 Å². The second-order valence-electron chi connectivity index (χ2n) is 6.06. The van der Waals surface area contributed by atoms with E-state index >= 15 is 0 Å². The second-order valence-corrected chi connectivity index (χ2v) is 6.06. The van der Waals surface area contributed by atoms with Crippen LogP contribution < -0.4 is 5.32 Å². The molecule has 0 spiro atoms. The lowest BCUT2D eigenvalue weighted by Gasteiger charge is -2.26. The normalized spacial score (nSPS) is 12.9. The van der Waals surface area contributed by atoms with Crippen LogP contribution in [-0.4, -0.2) is 21.1 Å². The number of aromatic amines is 1. The van der Waals surface area contributed by atoms with Crippen LogP contribution in [0.25, 0.3) is 0 Å². The standard InChI is InChI=1S/C15H20N4O/c1-15(2,3)7-13(11-5-4-6-16-8-11)19-14(20)12-9-17-18-10-12/h4-6,8-10,13H,7H2,1-3H3,(H,17,18)(H,19,20)/t13-/m0/s1. The van der Waals surface area contributed by atoms with E-state index in [9.17, 15) is 4.79 Å². The van der Waals surface area contributed by atoms with Gasteiger partial charge in [0.1, 0.15) is 0 Å². The quantitative estimate of drug-likeness (QED) is 0.899. The smallest absolute Gasteiger partial charge is 0.254 e. The SMILES string of the molecule is CC(C)(C)C[C@H](NC(=O)c1cn[nH]c1)c1cccnc1. The highest BCUT2D eigenvalue weighted by Crippen LogP contribution is 2.29. The van der Waals surface area contributed by atoms with Crippen LogP contribution >= 0.6 is 0 Å². The zero-order chi connectivity index (χ0) is 14.6. The molecule has 1 amide bonds. The fourth-order valence-electron chi connectivity index (χ4n) is 2.06. The van der Waals surface area contributed by atoms with Crippen molar-refractivity contribution in [3.8, 4) is 0 Å². The highest BCUT2D eigenvalue weighted by Gasteiger charge is 2.22. The summed E-state index contributed by atoms with van der Waals surface area (Å²) >= 11 is 0. The summed E-state index contributed by atoms with van der Waals surface area (Å²) in [6, 6.07) is 3.81. The Balaban J connectivity index is 2.17. The topological polar surface area (TPSA) is 70.7 Å². The number of nitrogens with one attached hydrogen (secondary N) is 2. The Kier molecular flexibility index (Phi) is 4.17. The van der Waals surface area contributed by atoms with Crippen molar-refractivity contribution in [2.75, 3.05) is 0 Å². The molecule has 0 fully saturated rings. The lowest BCUT2D eigenvalue weighted by Crippen LogP contribution is -2.31. The number of hydrogen-bond acceptors (Lipinski definition) is 3. The summed E-state index contributed by atoms with van der Waals surface area (Å²) in [6.07, 6.45) is 7.48. The minimum absolute atomic E-state index is 0.0638. The molecular weight excluding hydrogens is 252 g/mol. The number of carbonyl (C=O) groups is 1. The number of hydrogen-bond donors (Lipinski definition) is 2. The summed E-state index contributed by atoms with van der Waals surface area (Å²) in [5.74, 6) is -0.128. The molecule has 2 rings (SSSR count). The predicted octanol–water partition coefficient (Wildman–Crippen LogP) is 2.71. The van der Waals surface area contributed by atoms with Gasteiger partial charge in [0.25, 0.3) is 5.91 Å². The lowest BCUT2D eigenvalue weighted by molar-refractivity contribution is 0.0926. The molecule has 106 valence electrons. The van der Waals surface area contributed by atoms with Crippen LogP contribution in [0.2, 0.25) is 0 Å². The Morgan fingerprint density at radius 3 is 2.75 bits per heavy atom. The summed E-state index contributed by atoms with van der Waals surface area (Å²) in [5, 5.41) is 9.50. The third-order valence-electron chi connectivity index (χ3n) is 2.97. The largest absolute Gasteiger partial charge is 0.345 e. The molecule has 0 radical (unpaired) electrons. The van der Waals surface area contributed by atoms with Crippen LogP contribution in [0.5, 0.6) is 0 Å². The highest BCUT2D eigenvalue weighted by atomic mass is 16.1. The zero-order valence-corrected chi connectivity index (χ0v) is 12.1. The maximum absolute atomic E-state index is 12.2. The minimum Gasteiger partial charge on any atom is -0.345 e. The molecule has 2 aromatic heterocycles. The van der Waals surface area contributed by atoms with Crippen molar-refractivity contribution in [3.63, 3.8) is 0 Å². The molecule has 0 aromatic carbocycles. The van der Waals surface area contributed by atoms with Crippen molar-refractivity contribution in [2.24, 2.45) is 5.41 Å². The van der Waals surface area contributed by atoms with Crippen LogP contribution in [0.1, 0.15) is 49.2 Å². The molecule has 5 nitrogen and oxygen atoms in total. The molecule has 0 saturated heterocycles. The van der Waals surface area contributed by atoms with Crippen LogP contribution in [0.4, 0.5) is 0 Å². The zero-order valence-electron chi connectivity index (χ0n) is 12.1. The molecule has 0 aliphatic heterocycles. The van der Waals surface area contributed by atoms with Crippen molar-refractivity contribution >= 4 is 5.91 Å². The molecule has 1 atom stereocenters. The molecule has 2 N–H and O–H groups in total. The molecule has 20 heavy (non-hydrogen) atoms. The summed E-state index contributed by atoms with van der Waals surface area (Å²) < 4.78 is 0. The molecule has 2 heterocycles. The molecule has 0 unspecified atom stereocenters. The van der Waals surface area contributed by atoms with E-state index in [1.54, 1.807) is 18.6 Å². The van der Waals surface area contributed by atoms with Gasteiger partial charge in [-0.15, -0.1) is 0 Å². The predicted molar refractivity (Wildman–Crippen MR) is 77.1 cm³/mol. The first kappa shape index (κ1) is 14.2. The lowest BCUT2D eigenvalue weighted by atomic mass is 9.85. The van der Waals surface area contributed by atoms with Crippen LogP contribution in [0.15, 0.2) is 36.9 Å². The Morgan fingerprint density at radius 1 is 1.40 bits per heavy atom. The van der Waals surface area contributed by atoms with Gasteiger partial charge >= 0.3 is 0 Å². The van der Waals surface area contributed by atoms with Crippen molar-refractivity contribution in [1.29, 1.82) is 0 Å². The summed E-state index contributed by atoms with van der Waals surface area (Å²) in [5.41, 5.74) is 1.65. The second kappa shape index (κ2) is 5.86. The maximum atomic E-state index is 12.2. The van der Waals surface area contributed by atoms with E-state index in [4.69, 9.17) is 0 Å². The number of nitrogens with zero attached hydrogens (tertiary/aromatic N) is 2. The van der Waals surface area contributed by atoms with Crippen LogP contribution in [0.3, 0.4) is 0 Å². The van der Waals surface area contributed by atoms with Crippen molar-refractivity contribution in [2.45, 2.75) is 33.2 Å². The fraction of sp³-hybridized carbons (Fsp3) is 0.400. The van der Waals surface area contributed by atoms with E-state index in [0.29, 0.717) is 5.56 Å². The number of rotatable bonds is 4. The van der Waals surface area contributed by atoms with Crippen LogP contribution in [0, 0.1) is 5.41 Å². The number of H-pyrrole nitrogens is 1. The van der Waals surface area contributed by atoms with Gasteiger partial charge in [0.2, 0.25) is 0 Å². The van der Waals surface area contributed by atoms with E-state index in [1.165, 1.54) is 6.20 Å². The third-order valence-corrected chi connectivity index (χ3v) is 2.97. The van der Waals surface area contributed by atoms with E-state index in [0.717, 1.165) is 12.0 Å². The van der Waals surface area contributed by atoms with Gasteiger partial charge in [-0.2, -0.15) is 5.10 Å². The Labute approximate surface area is 118 Å². The van der Waals surface area contributed by atoms with E-state index in [-0.39, 0.29) is 17.4 Å². The van der Waals surface area contributed by atoms with Crippen molar-refractivity contribution in [1.82, 2.24) is 20.5 Å². The van der Waals surface area contributed by atoms with E-state index in [2.05, 4.69) is 41.3 Å². The number of amides is 1. The number of aromatic nitrogens is 3. The average Bonchev–Trinajstić information content (AvgIpc) is 2.91. The summed E-state index contributed by atoms with van der Waals surface area (Å²) in [6.45, 7) is 6.46. The summed E-state index contributed by atoms with van der Waals surface area (Å²) in [4.78, 5) is 16.3. The van der Waals surface area contributed by atoms with Gasteiger partial charge in [-0.3, -0.25) is 14.9 Å². The minimum atomic E-state index is -0.128. The molecule has 0 saturated carbocycles. The number of pyridine rings is 1. The van der Waals surface area contributed by atoms with Crippen molar-refractivity contribution in [3.05, 3.63) is 48.0 Å². The Hall–Kier alpha value is -2.17. The Bertz CT molecular complexity index is 543. The van der Waals surface area contributed by atoms with Gasteiger partial charge in [0, 0.05) is 18.6 Å².